The number of fused-ring (bicyclic) bond motifs is 1. The molecule has 1 aliphatic rings. The number of hydrogen-bond donors (Lipinski definition) is 2. The second kappa shape index (κ2) is 15.3. The van der Waals surface area contributed by atoms with Crippen LogP contribution < -0.4 is 15.4 Å². The van der Waals surface area contributed by atoms with E-state index in [-0.39, 0.29) is 6.10 Å². The first-order chi connectivity index (χ1) is 19.7. The highest BCUT2D eigenvalue weighted by atomic mass is 31.0. The maximum absolute atomic E-state index is 8.89. The maximum Gasteiger partial charge on any atom is 0.237 e. The molecule has 0 spiro atoms. The van der Waals surface area contributed by atoms with E-state index in [1.807, 2.05) is 110 Å². The van der Waals surface area contributed by atoms with Gasteiger partial charge in [-0.25, -0.2) is 4.98 Å². The Hall–Kier alpha value is -4.30. The smallest absolute Gasteiger partial charge is 0.237 e. The Kier molecular flexibility index (Phi) is 11.0. The van der Waals surface area contributed by atoms with Crippen LogP contribution in [0.5, 0.6) is 5.88 Å². The standard InChI is InChI=1S/C27H28N5OP.C6H6/c1-19(32-23-5-3-2-4-6-23)25(18-34)22-13-26-27(31-15-22)33-24(17-30-26)16-29-12-11-20-7-9-21(14-28)10-8-20;1-2-4-6-5-3-1/h2-10,13,15,18,24,29-30H,11-12,16-17,34H2,1H3;1-6H/b25-18+,32-19?;. The molecule has 0 saturated heterocycles. The van der Waals surface area contributed by atoms with Crippen molar-refractivity contribution < 1.29 is 4.74 Å². The van der Waals surface area contributed by atoms with Gasteiger partial charge in [0.15, 0.2) is 0 Å². The summed E-state index contributed by atoms with van der Waals surface area (Å²) in [5.41, 5.74) is 6.63. The summed E-state index contributed by atoms with van der Waals surface area (Å²) in [6.45, 7) is 4.28. The third-order valence-corrected chi connectivity index (χ3v) is 6.62. The van der Waals surface area contributed by atoms with Gasteiger partial charge in [0, 0.05) is 29.6 Å². The third kappa shape index (κ3) is 8.61. The van der Waals surface area contributed by atoms with Crippen molar-refractivity contribution in [3.05, 3.63) is 126 Å². The molecule has 0 aliphatic carbocycles. The van der Waals surface area contributed by atoms with E-state index in [1.54, 1.807) is 0 Å². The second-order valence-corrected chi connectivity index (χ2v) is 9.56. The largest absolute Gasteiger partial charge is 0.470 e. The van der Waals surface area contributed by atoms with Crippen molar-refractivity contribution in [2.45, 2.75) is 19.4 Å². The Balaban J connectivity index is 0.000000546. The Morgan fingerprint density at radius 2 is 1.75 bits per heavy atom. The molecule has 2 heterocycles. The zero-order valence-electron chi connectivity index (χ0n) is 22.6. The van der Waals surface area contributed by atoms with Gasteiger partial charge < -0.3 is 15.4 Å². The van der Waals surface area contributed by atoms with Crippen molar-refractivity contribution in [1.82, 2.24) is 10.3 Å². The highest BCUT2D eigenvalue weighted by Gasteiger charge is 2.21. The molecule has 7 heteroatoms. The lowest BCUT2D eigenvalue weighted by molar-refractivity contribution is 0.194. The number of hydrogen-bond acceptors (Lipinski definition) is 6. The predicted molar refractivity (Wildman–Crippen MR) is 168 cm³/mol. The lowest BCUT2D eigenvalue weighted by Gasteiger charge is -2.27. The Morgan fingerprint density at radius 3 is 2.40 bits per heavy atom. The normalized spacial score (nSPS) is 14.5. The number of anilines is 1. The van der Waals surface area contributed by atoms with Gasteiger partial charge in [0.05, 0.1) is 29.6 Å². The molecule has 2 atom stereocenters. The van der Waals surface area contributed by atoms with E-state index < -0.39 is 0 Å². The summed E-state index contributed by atoms with van der Waals surface area (Å²) in [7, 11) is 2.67. The van der Waals surface area contributed by atoms with Crippen molar-refractivity contribution in [2.24, 2.45) is 4.99 Å². The molecule has 1 aromatic heterocycles. The van der Waals surface area contributed by atoms with E-state index in [0.29, 0.717) is 18.0 Å². The molecule has 3 aromatic carbocycles. The van der Waals surface area contributed by atoms with Gasteiger partial charge in [0.2, 0.25) is 5.88 Å². The van der Waals surface area contributed by atoms with Gasteiger partial charge in [0.1, 0.15) is 6.10 Å². The molecular formula is C33H34N5OP. The number of ether oxygens (including phenoxy) is 1. The van der Waals surface area contributed by atoms with Crippen LogP contribution in [0.1, 0.15) is 23.6 Å². The highest BCUT2D eigenvalue weighted by Crippen LogP contribution is 2.31. The van der Waals surface area contributed by atoms with Crippen molar-refractivity contribution in [1.29, 1.82) is 5.26 Å². The number of aliphatic imine (C=N–C) groups is 1. The summed E-state index contributed by atoms with van der Waals surface area (Å²) >= 11 is 0. The maximum atomic E-state index is 8.89. The number of para-hydroxylation sites is 1. The van der Waals surface area contributed by atoms with Gasteiger partial charge in [0.25, 0.3) is 0 Å². The quantitative estimate of drug-likeness (QED) is 0.147. The lowest BCUT2D eigenvalue weighted by atomic mass is 10.0. The topological polar surface area (TPSA) is 82.3 Å². The zero-order valence-corrected chi connectivity index (χ0v) is 23.8. The average molecular weight is 548 g/mol. The number of nitrogens with one attached hydrogen (secondary N) is 2. The summed E-state index contributed by atoms with van der Waals surface area (Å²) in [6.07, 6.45) is 2.74. The number of rotatable bonds is 8. The number of pyridine rings is 1. The van der Waals surface area contributed by atoms with Crippen molar-refractivity contribution in [3.63, 3.8) is 0 Å². The van der Waals surface area contributed by atoms with Crippen molar-refractivity contribution in [2.75, 3.05) is 25.0 Å². The van der Waals surface area contributed by atoms with E-state index in [9.17, 15) is 0 Å². The van der Waals surface area contributed by atoms with E-state index >= 15 is 0 Å². The third-order valence-electron chi connectivity index (χ3n) is 6.28. The van der Waals surface area contributed by atoms with Crippen LogP contribution >= 0.6 is 9.24 Å². The zero-order chi connectivity index (χ0) is 28.0. The second-order valence-electron chi connectivity index (χ2n) is 9.23. The minimum absolute atomic E-state index is 0.00457. The molecule has 0 radical (unpaired) electrons. The minimum atomic E-state index is 0.00457. The molecule has 0 amide bonds. The summed E-state index contributed by atoms with van der Waals surface area (Å²) in [4.78, 5) is 9.31. The van der Waals surface area contributed by atoms with Crippen molar-refractivity contribution in [3.8, 4) is 11.9 Å². The monoisotopic (exact) mass is 547 g/mol. The molecule has 1 aliphatic heterocycles. The lowest BCUT2D eigenvalue weighted by Crippen LogP contribution is -2.40. The summed E-state index contributed by atoms with van der Waals surface area (Å²) < 4.78 is 6.11. The van der Waals surface area contributed by atoms with E-state index in [4.69, 9.17) is 15.0 Å². The predicted octanol–water partition coefficient (Wildman–Crippen LogP) is 6.65. The van der Waals surface area contributed by atoms with E-state index in [2.05, 4.69) is 37.0 Å². The summed E-state index contributed by atoms with van der Waals surface area (Å²) in [6, 6.07) is 33.8. The number of nitriles is 1. The van der Waals surface area contributed by atoms with E-state index in [1.165, 1.54) is 5.56 Å². The summed E-state index contributed by atoms with van der Waals surface area (Å²) in [5.74, 6) is 2.60. The fourth-order valence-corrected chi connectivity index (χ4v) is 4.60. The van der Waals surface area contributed by atoms with Crippen LogP contribution in [-0.2, 0) is 6.42 Å². The highest BCUT2D eigenvalue weighted by molar-refractivity contribution is 7.21. The van der Waals surface area contributed by atoms with Crippen LogP contribution in [0.4, 0.5) is 11.4 Å². The van der Waals surface area contributed by atoms with Gasteiger partial charge in [-0.15, -0.1) is 9.24 Å². The van der Waals surface area contributed by atoms with Crippen LogP contribution in [0.3, 0.4) is 0 Å². The van der Waals surface area contributed by atoms with Gasteiger partial charge in [-0.2, -0.15) is 5.26 Å². The Bertz CT molecular complexity index is 1420. The van der Waals surface area contributed by atoms with Crippen LogP contribution in [0, 0.1) is 11.3 Å². The molecule has 202 valence electrons. The fourth-order valence-electron chi connectivity index (χ4n) is 4.17. The fraction of sp³-hybridized carbons (Fsp3) is 0.182. The Morgan fingerprint density at radius 1 is 1.07 bits per heavy atom. The SMILES string of the molecule is CC(=Nc1ccccc1)/C(=C\P)c1cnc2c(c1)NCC(CNCCc1ccc(C#N)cc1)O2.c1ccccc1. The first kappa shape index (κ1) is 28.7. The van der Waals surface area contributed by atoms with Gasteiger partial charge >= 0.3 is 0 Å². The molecule has 2 unspecified atom stereocenters. The number of benzene rings is 3. The van der Waals surface area contributed by atoms with Crippen LogP contribution in [-0.4, -0.2) is 36.4 Å². The number of aromatic nitrogens is 1. The molecule has 0 bridgehead atoms. The molecule has 0 saturated carbocycles. The summed E-state index contributed by atoms with van der Waals surface area (Å²) in [5, 5.41) is 15.8. The van der Waals surface area contributed by atoms with Crippen LogP contribution in [0.15, 0.2) is 114 Å². The van der Waals surface area contributed by atoms with Crippen LogP contribution in [0.25, 0.3) is 5.57 Å². The van der Waals surface area contributed by atoms with Gasteiger partial charge in [-0.05, 0) is 55.8 Å². The molecule has 0 fully saturated rings. The molecule has 5 rings (SSSR count). The van der Waals surface area contributed by atoms with Gasteiger partial charge in [-0.3, -0.25) is 4.99 Å². The first-order valence-corrected chi connectivity index (χ1v) is 14.0. The molecule has 6 nitrogen and oxygen atoms in total. The van der Waals surface area contributed by atoms with Crippen LogP contribution in [0.2, 0.25) is 0 Å². The van der Waals surface area contributed by atoms with Crippen molar-refractivity contribution >= 4 is 31.9 Å². The Labute approximate surface area is 239 Å². The molecule has 40 heavy (non-hydrogen) atoms. The minimum Gasteiger partial charge on any atom is -0.470 e. The molecule has 4 aromatic rings. The van der Waals surface area contributed by atoms with Gasteiger partial charge in [-0.1, -0.05) is 72.5 Å². The average Bonchev–Trinajstić information content (AvgIpc) is 3.01. The number of allylic oxidation sites excluding steroid dienone is 1. The molecule has 2 N–H and O–H groups in total. The first-order valence-electron chi connectivity index (χ1n) is 13.3. The van der Waals surface area contributed by atoms with E-state index in [0.717, 1.165) is 47.7 Å². The molecular weight excluding hydrogens is 513 g/mol. The number of nitrogens with zero attached hydrogens (tertiary/aromatic N) is 3.